The molecule has 6 heteroatoms. The molecule has 1 rings (SSSR count). The first kappa shape index (κ1) is 9.50. The number of nitrogen functional groups attached to an aromatic ring is 1. The Labute approximate surface area is 75.9 Å². The summed E-state index contributed by atoms with van der Waals surface area (Å²) in [4.78, 5) is 11.9. The van der Waals surface area contributed by atoms with Crippen LogP contribution in [-0.2, 0) is 11.3 Å². The number of aromatic nitrogens is 3. The van der Waals surface area contributed by atoms with Crippen molar-refractivity contribution < 1.29 is 4.79 Å². The van der Waals surface area contributed by atoms with Crippen LogP contribution >= 0.6 is 0 Å². The largest absolute Gasteiger partial charge is 0.381 e. The van der Waals surface area contributed by atoms with Gasteiger partial charge in [0.2, 0.25) is 5.91 Å². The van der Waals surface area contributed by atoms with Gasteiger partial charge in [0.25, 0.3) is 0 Å². The monoisotopic (exact) mass is 183 g/mol. The topological polar surface area (TPSA) is 99.8 Å². The molecule has 0 spiro atoms. The van der Waals surface area contributed by atoms with Gasteiger partial charge in [0.1, 0.15) is 0 Å². The van der Waals surface area contributed by atoms with E-state index in [-0.39, 0.29) is 5.91 Å². The highest BCUT2D eigenvalue weighted by atomic mass is 16.1. The van der Waals surface area contributed by atoms with Crippen LogP contribution in [0.1, 0.15) is 19.3 Å². The normalized spacial score (nSPS) is 10.2. The SMILES string of the molecule is NC(=O)CCCCn1ncc(N)n1. The van der Waals surface area contributed by atoms with Crippen molar-refractivity contribution in [3.63, 3.8) is 0 Å². The zero-order chi connectivity index (χ0) is 9.68. The number of nitrogens with zero attached hydrogens (tertiary/aromatic N) is 3. The molecule has 4 N–H and O–H groups in total. The van der Waals surface area contributed by atoms with E-state index in [1.54, 1.807) is 0 Å². The van der Waals surface area contributed by atoms with E-state index in [4.69, 9.17) is 11.5 Å². The van der Waals surface area contributed by atoms with Crippen LogP contribution in [0.2, 0.25) is 0 Å². The lowest BCUT2D eigenvalue weighted by atomic mass is 10.2. The molecule has 0 saturated carbocycles. The Hall–Kier alpha value is -1.59. The second kappa shape index (κ2) is 4.44. The first-order valence-corrected chi connectivity index (χ1v) is 4.12. The van der Waals surface area contributed by atoms with Gasteiger partial charge < -0.3 is 11.5 Å². The summed E-state index contributed by atoms with van der Waals surface area (Å²) in [6.07, 6.45) is 3.50. The second-order valence-electron chi connectivity index (χ2n) is 2.79. The third-order valence-corrected chi connectivity index (χ3v) is 1.59. The van der Waals surface area contributed by atoms with Crippen molar-refractivity contribution in [2.45, 2.75) is 25.8 Å². The van der Waals surface area contributed by atoms with Crippen molar-refractivity contribution in [2.24, 2.45) is 5.73 Å². The molecule has 1 aromatic heterocycles. The molecule has 1 amide bonds. The molecule has 0 radical (unpaired) electrons. The summed E-state index contributed by atoms with van der Waals surface area (Å²) in [6, 6.07) is 0. The fourth-order valence-electron chi connectivity index (χ4n) is 0.971. The second-order valence-corrected chi connectivity index (χ2v) is 2.79. The number of primary amides is 1. The molecule has 0 atom stereocenters. The van der Waals surface area contributed by atoms with Gasteiger partial charge in [-0.05, 0) is 12.8 Å². The highest BCUT2D eigenvalue weighted by Gasteiger charge is 1.97. The molecule has 0 aromatic carbocycles. The van der Waals surface area contributed by atoms with Crippen LogP contribution in [0.4, 0.5) is 5.82 Å². The lowest BCUT2D eigenvalue weighted by Crippen LogP contribution is -2.10. The fraction of sp³-hybridized carbons (Fsp3) is 0.571. The van der Waals surface area contributed by atoms with Gasteiger partial charge in [-0.2, -0.15) is 9.90 Å². The summed E-state index contributed by atoms with van der Waals surface area (Å²) in [5.41, 5.74) is 10.3. The number of aryl methyl sites for hydroxylation is 1. The van der Waals surface area contributed by atoms with Gasteiger partial charge in [0, 0.05) is 6.42 Å². The molecule has 0 saturated heterocycles. The number of hydrogen-bond acceptors (Lipinski definition) is 4. The van der Waals surface area contributed by atoms with E-state index < -0.39 is 0 Å². The van der Waals surface area contributed by atoms with Gasteiger partial charge >= 0.3 is 0 Å². The number of carbonyl (C=O) groups excluding carboxylic acids is 1. The Bertz CT molecular complexity index is 282. The van der Waals surface area contributed by atoms with E-state index in [0.717, 1.165) is 12.8 Å². The maximum atomic E-state index is 10.4. The van der Waals surface area contributed by atoms with Gasteiger partial charge in [-0.25, -0.2) is 0 Å². The Morgan fingerprint density at radius 2 is 2.31 bits per heavy atom. The predicted molar refractivity (Wildman–Crippen MR) is 47.5 cm³/mol. The maximum absolute atomic E-state index is 10.4. The zero-order valence-corrected chi connectivity index (χ0v) is 7.31. The number of hydrogen-bond donors (Lipinski definition) is 2. The summed E-state index contributed by atoms with van der Waals surface area (Å²) in [6.45, 7) is 0.671. The first-order valence-electron chi connectivity index (χ1n) is 4.12. The molecule has 6 nitrogen and oxygen atoms in total. The van der Waals surface area contributed by atoms with Crippen LogP contribution in [0.15, 0.2) is 6.20 Å². The molecule has 0 bridgehead atoms. The van der Waals surface area contributed by atoms with Crippen LogP contribution in [0.25, 0.3) is 0 Å². The quantitative estimate of drug-likeness (QED) is 0.602. The number of rotatable bonds is 5. The highest BCUT2D eigenvalue weighted by molar-refractivity contribution is 5.73. The van der Waals surface area contributed by atoms with E-state index in [9.17, 15) is 4.79 Å². The lowest BCUT2D eigenvalue weighted by Gasteiger charge is -1.97. The molecule has 13 heavy (non-hydrogen) atoms. The summed E-state index contributed by atoms with van der Waals surface area (Å²) in [5, 5.41) is 7.79. The van der Waals surface area contributed by atoms with E-state index in [1.165, 1.54) is 11.0 Å². The highest BCUT2D eigenvalue weighted by Crippen LogP contribution is 1.98. The van der Waals surface area contributed by atoms with Gasteiger partial charge in [0.15, 0.2) is 5.82 Å². The number of anilines is 1. The molecule has 0 aliphatic carbocycles. The Balaban J connectivity index is 2.16. The van der Waals surface area contributed by atoms with E-state index in [2.05, 4.69) is 10.2 Å². The fourth-order valence-corrected chi connectivity index (χ4v) is 0.971. The van der Waals surface area contributed by atoms with Crippen LogP contribution in [0, 0.1) is 0 Å². The van der Waals surface area contributed by atoms with E-state index in [1.807, 2.05) is 0 Å². The Kier molecular flexibility index (Phi) is 3.24. The summed E-state index contributed by atoms with van der Waals surface area (Å²) >= 11 is 0. The third kappa shape index (κ3) is 3.55. The summed E-state index contributed by atoms with van der Waals surface area (Å²) in [7, 11) is 0. The average molecular weight is 183 g/mol. The van der Waals surface area contributed by atoms with Crippen molar-refractivity contribution in [3.8, 4) is 0 Å². The van der Waals surface area contributed by atoms with Crippen molar-refractivity contribution in [2.75, 3.05) is 5.73 Å². The number of amides is 1. The number of carbonyl (C=O) groups is 1. The van der Waals surface area contributed by atoms with Crippen LogP contribution < -0.4 is 11.5 Å². The molecule has 1 heterocycles. The van der Waals surface area contributed by atoms with E-state index >= 15 is 0 Å². The summed E-state index contributed by atoms with van der Waals surface area (Å²) in [5.74, 6) is 0.142. The van der Waals surface area contributed by atoms with Gasteiger partial charge in [-0.1, -0.05) is 0 Å². The third-order valence-electron chi connectivity index (χ3n) is 1.59. The molecule has 1 aromatic rings. The standard InChI is InChI=1S/C7H13N5O/c8-6-5-10-12(11-6)4-2-1-3-7(9)13/h5H,1-4H2,(H2,8,11)(H2,9,13). The molecule has 0 aliphatic heterocycles. The smallest absolute Gasteiger partial charge is 0.217 e. The molecular weight excluding hydrogens is 170 g/mol. The number of unbranched alkanes of at least 4 members (excludes halogenated alkanes) is 1. The molecule has 0 unspecified atom stereocenters. The molecule has 0 aliphatic rings. The van der Waals surface area contributed by atoms with Crippen molar-refractivity contribution in [1.29, 1.82) is 0 Å². The minimum absolute atomic E-state index is 0.270. The van der Waals surface area contributed by atoms with Gasteiger partial charge in [0.05, 0.1) is 12.7 Å². The Morgan fingerprint density at radius 3 is 2.85 bits per heavy atom. The molecule has 0 fully saturated rings. The minimum atomic E-state index is -0.270. The van der Waals surface area contributed by atoms with Crippen molar-refractivity contribution >= 4 is 11.7 Å². The average Bonchev–Trinajstić information content (AvgIpc) is 2.45. The van der Waals surface area contributed by atoms with Crippen molar-refractivity contribution in [3.05, 3.63) is 6.20 Å². The van der Waals surface area contributed by atoms with E-state index in [0.29, 0.717) is 18.8 Å². The molecule has 72 valence electrons. The van der Waals surface area contributed by atoms with Gasteiger partial charge in [-0.3, -0.25) is 4.79 Å². The van der Waals surface area contributed by atoms with Crippen molar-refractivity contribution in [1.82, 2.24) is 15.0 Å². The first-order chi connectivity index (χ1) is 6.18. The van der Waals surface area contributed by atoms with Crippen LogP contribution in [0.5, 0.6) is 0 Å². The lowest BCUT2D eigenvalue weighted by molar-refractivity contribution is -0.118. The summed E-state index contributed by atoms with van der Waals surface area (Å²) < 4.78 is 0. The van der Waals surface area contributed by atoms with Crippen LogP contribution in [0.3, 0.4) is 0 Å². The van der Waals surface area contributed by atoms with Gasteiger partial charge in [-0.15, -0.1) is 5.10 Å². The minimum Gasteiger partial charge on any atom is -0.381 e. The maximum Gasteiger partial charge on any atom is 0.217 e. The number of nitrogens with two attached hydrogens (primary N) is 2. The van der Waals surface area contributed by atoms with Crippen LogP contribution in [-0.4, -0.2) is 20.9 Å². The Morgan fingerprint density at radius 1 is 1.54 bits per heavy atom. The molecular formula is C7H13N5O. The zero-order valence-electron chi connectivity index (χ0n) is 7.31. The predicted octanol–water partition coefficient (Wildman–Crippen LogP) is -0.484.